The minimum absolute atomic E-state index is 0.253. The van der Waals surface area contributed by atoms with Gasteiger partial charge in [-0.15, -0.1) is 0 Å². The third-order valence-corrected chi connectivity index (χ3v) is 5.87. The van der Waals surface area contributed by atoms with Gasteiger partial charge >= 0.3 is 0 Å². The maximum Gasteiger partial charge on any atom is 0.137 e. The highest BCUT2D eigenvalue weighted by Crippen LogP contribution is 2.35. The molecule has 0 amide bonds. The average Bonchev–Trinajstić information content (AvgIpc) is 2.64. The summed E-state index contributed by atoms with van der Waals surface area (Å²) in [6.07, 6.45) is 7.10. The van der Waals surface area contributed by atoms with Crippen LogP contribution in [0.15, 0.2) is 41.6 Å². The van der Waals surface area contributed by atoms with Gasteiger partial charge in [0.05, 0.1) is 0 Å². The molecule has 1 unspecified atom stereocenters. The summed E-state index contributed by atoms with van der Waals surface area (Å²) in [4.78, 5) is 11.8. The van der Waals surface area contributed by atoms with Gasteiger partial charge in [-0.3, -0.25) is 0 Å². The molecule has 4 rings (SSSR count). The third-order valence-electron chi connectivity index (χ3n) is 5.68. The maximum absolute atomic E-state index is 13.5. The normalized spacial score (nSPS) is 19.3. The lowest BCUT2D eigenvalue weighted by molar-refractivity contribution is 0.242. The Labute approximate surface area is 170 Å². The van der Waals surface area contributed by atoms with Crippen LogP contribution in [0.3, 0.4) is 0 Å². The van der Waals surface area contributed by atoms with Crippen LogP contribution in [0, 0.1) is 5.82 Å². The maximum atomic E-state index is 13.5. The van der Waals surface area contributed by atoms with Crippen LogP contribution >= 0.6 is 11.6 Å². The number of hydrogen-bond donors (Lipinski definition) is 1. The van der Waals surface area contributed by atoms with Gasteiger partial charge in [-0.2, -0.15) is 0 Å². The molecule has 2 aliphatic rings. The first-order valence-corrected chi connectivity index (χ1v) is 10.5. The number of piperidine rings is 1. The van der Waals surface area contributed by atoms with Crippen LogP contribution in [0.4, 0.5) is 15.9 Å². The molecule has 148 valence electrons. The first-order chi connectivity index (χ1) is 13.6. The quantitative estimate of drug-likeness (QED) is 0.621. The number of rotatable bonds is 5. The summed E-state index contributed by atoms with van der Waals surface area (Å²) in [6.45, 7) is 4.30. The Morgan fingerprint density at radius 3 is 2.82 bits per heavy atom. The van der Waals surface area contributed by atoms with Crippen LogP contribution in [0.2, 0.25) is 5.15 Å². The van der Waals surface area contributed by atoms with Crippen LogP contribution in [-0.2, 0) is 0 Å². The second kappa shape index (κ2) is 8.48. The summed E-state index contributed by atoms with van der Waals surface area (Å²) < 4.78 is 13.5. The van der Waals surface area contributed by atoms with Gasteiger partial charge in [0.25, 0.3) is 0 Å². The first kappa shape index (κ1) is 19.2. The summed E-state index contributed by atoms with van der Waals surface area (Å²) in [5.74, 6) is 1.34. The molecule has 0 spiro atoms. The van der Waals surface area contributed by atoms with E-state index in [2.05, 4.69) is 22.1 Å². The Morgan fingerprint density at radius 2 is 2.11 bits per heavy atom. The van der Waals surface area contributed by atoms with Crippen LogP contribution in [0.1, 0.15) is 57.2 Å². The minimum atomic E-state index is -0.288. The predicted molar refractivity (Wildman–Crippen MR) is 111 cm³/mol. The third kappa shape index (κ3) is 4.30. The van der Waals surface area contributed by atoms with Crippen molar-refractivity contribution in [2.75, 3.05) is 18.4 Å². The second-order valence-corrected chi connectivity index (χ2v) is 8.00. The van der Waals surface area contributed by atoms with Crippen LogP contribution in [0.5, 0.6) is 0 Å². The van der Waals surface area contributed by atoms with Crippen molar-refractivity contribution in [1.29, 1.82) is 0 Å². The van der Waals surface area contributed by atoms with Gasteiger partial charge < -0.3 is 10.2 Å². The van der Waals surface area contributed by atoms with Gasteiger partial charge in [0.15, 0.2) is 0 Å². The molecule has 1 saturated carbocycles. The van der Waals surface area contributed by atoms with Crippen molar-refractivity contribution in [3.8, 4) is 0 Å². The molecule has 0 radical (unpaired) electrons. The Hall–Kier alpha value is -2.14. The van der Waals surface area contributed by atoms with E-state index in [1.54, 1.807) is 23.8 Å². The molecule has 4 nitrogen and oxygen atoms in total. The van der Waals surface area contributed by atoms with Crippen LogP contribution < -0.4 is 5.32 Å². The van der Waals surface area contributed by atoms with E-state index in [-0.39, 0.29) is 11.7 Å². The number of likely N-dealkylation sites (tertiary alicyclic amines) is 1. The molecule has 2 fully saturated rings. The highest BCUT2D eigenvalue weighted by atomic mass is 35.5. The highest BCUT2D eigenvalue weighted by molar-refractivity contribution is 6.29. The number of nitrogens with zero attached hydrogens (tertiary/aromatic N) is 3. The molecule has 1 aliphatic carbocycles. The zero-order valence-corrected chi connectivity index (χ0v) is 17.0. The molecule has 1 aromatic heterocycles. The fraction of sp³-hybridized carbons (Fsp3) is 0.455. The second-order valence-electron chi connectivity index (χ2n) is 7.61. The monoisotopic (exact) mass is 400 g/mol. The Morgan fingerprint density at radius 1 is 1.25 bits per heavy atom. The molecular weight excluding hydrogens is 375 g/mol. The smallest absolute Gasteiger partial charge is 0.137 e. The van der Waals surface area contributed by atoms with Gasteiger partial charge in [-0.05, 0) is 56.7 Å². The highest BCUT2D eigenvalue weighted by Gasteiger charge is 2.27. The SMILES string of the molecule is CCC(=C1CCC1)N1CCCC(c2nc(Cl)cc(Nc3cccc(F)c3)n2)C1. The van der Waals surface area contributed by atoms with Gasteiger partial charge in [-0.25, -0.2) is 14.4 Å². The number of halogens is 2. The summed E-state index contributed by atoms with van der Waals surface area (Å²) >= 11 is 6.29. The molecule has 2 aromatic rings. The van der Waals surface area contributed by atoms with Gasteiger partial charge in [0.2, 0.25) is 0 Å². The number of aromatic nitrogens is 2. The number of hydrogen-bond acceptors (Lipinski definition) is 4. The van der Waals surface area contributed by atoms with E-state index >= 15 is 0 Å². The molecule has 2 heterocycles. The summed E-state index contributed by atoms with van der Waals surface area (Å²) in [6, 6.07) is 8.02. The number of allylic oxidation sites excluding steroid dienone is 2. The Kier molecular flexibility index (Phi) is 5.81. The molecule has 1 atom stereocenters. The fourth-order valence-corrected chi connectivity index (χ4v) is 4.36. The number of benzene rings is 1. The standard InChI is InChI=1S/C22H26ClFN4/c1-2-19(15-6-3-7-15)28-11-5-8-16(14-28)22-26-20(23)13-21(27-22)25-18-10-4-9-17(24)12-18/h4,9-10,12-13,16H,2-3,5-8,11,14H2,1H3,(H,25,26,27). The summed E-state index contributed by atoms with van der Waals surface area (Å²) in [5.41, 5.74) is 3.80. The lowest BCUT2D eigenvalue weighted by atomic mass is 9.88. The van der Waals surface area contributed by atoms with Gasteiger partial charge in [0, 0.05) is 36.5 Å². The van der Waals surface area contributed by atoms with Crippen LogP contribution in [0.25, 0.3) is 0 Å². The van der Waals surface area contributed by atoms with Crippen molar-refractivity contribution in [3.63, 3.8) is 0 Å². The minimum Gasteiger partial charge on any atom is -0.374 e. The zero-order chi connectivity index (χ0) is 19.5. The average molecular weight is 401 g/mol. The first-order valence-electron chi connectivity index (χ1n) is 10.2. The van der Waals surface area contributed by atoms with Crippen LogP contribution in [-0.4, -0.2) is 28.0 Å². The van der Waals surface area contributed by atoms with Crippen molar-refractivity contribution in [3.05, 3.63) is 58.4 Å². The van der Waals surface area contributed by atoms with Gasteiger partial charge in [0.1, 0.15) is 22.6 Å². The zero-order valence-electron chi connectivity index (χ0n) is 16.2. The molecule has 1 aromatic carbocycles. The van der Waals surface area contributed by atoms with E-state index in [1.807, 2.05) is 0 Å². The molecule has 0 bridgehead atoms. The van der Waals surface area contributed by atoms with E-state index in [1.165, 1.54) is 37.1 Å². The van der Waals surface area contributed by atoms with E-state index in [9.17, 15) is 4.39 Å². The number of nitrogens with one attached hydrogen (secondary N) is 1. The topological polar surface area (TPSA) is 41.1 Å². The van der Waals surface area contributed by atoms with E-state index in [4.69, 9.17) is 16.6 Å². The Bertz CT molecular complexity index is 877. The lowest BCUT2D eigenvalue weighted by Gasteiger charge is -2.38. The van der Waals surface area contributed by atoms with E-state index < -0.39 is 0 Å². The van der Waals surface area contributed by atoms with Crippen molar-refractivity contribution in [2.24, 2.45) is 0 Å². The molecule has 1 saturated heterocycles. The van der Waals surface area contributed by atoms with E-state index in [0.29, 0.717) is 16.7 Å². The molecule has 1 aliphatic heterocycles. The Balaban J connectivity index is 1.54. The summed E-state index contributed by atoms with van der Waals surface area (Å²) in [5, 5.41) is 3.56. The lowest BCUT2D eigenvalue weighted by Crippen LogP contribution is -2.35. The fourth-order valence-electron chi connectivity index (χ4n) is 4.17. The molecule has 1 N–H and O–H groups in total. The van der Waals surface area contributed by atoms with Crippen molar-refractivity contribution in [1.82, 2.24) is 14.9 Å². The molecule has 6 heteroatoms. The largest absolute Gasteiger partial charge is 0.374 e. The van der Waals surface area contributed by atoms with Crippen molar-refractivity contribution in [2.45, 2.75) is 51.4 Å². The van der Waals surface area contributed by atoms with Gasteiger partial charge in [-0.1, -0.05) is 30.2 Å². The van der Waals surface area contributed by atoms with Crippen molar-refractivity contribution < 1.29 is 4.39 Å². The number of anilines is 2. The van der Waals surface area contributed by atoms with E-state index in [0.717, 1.165) is 38.2 Å². The molecule has 28 heavy (non-hydrogen) atoms. The summed E-state index contributed by atoms with van der Waals surface area (Å²) in [7, 11) is 0. The molecular formula is C22H26ClFN4. The predicted octanol–water partition coefficient (Wildman–Crippen LogP) is 6.04. The van der Waals surface area contributed by atoms with Crippen molar-refractivity contribution >= 4 is 23.1 Å².